The summed E-state index contributed by atoms with van der Waals surface area (Å²) in [5.74, 6) is 1.30. The first-order valence-electron chi connectivity index (χ1n) is 7.84. The second-order valence-corrected chi connectivity index (χ2v) is 12.3. The average molecular weight is 308 g/mol. The zero-order valence-electron chi connectivity index (χ0n) is 13.9. The molecule has 0 bridgehead atoms. The third-order valence-corrected chi connectivity index (χ3v) is 9.32. The summed E-state index contributed by atoms with van der Waals surface area (Å²) in [5, 5.41) is 0.280. The summed E-state index contributed by atoms with van der Waals surface area (Å²) in [6.45, 7) is 12.4. The van der Waals surface area contributed by atoms with Gasteiger partial charge in [-0.25, -0.2) is 9.97 Å². The zero-order valence-corrected chi connectivity index (χ0v) is 14.9. The Morgan fingerprint density at radius 2 is 2.05 bits per heavy atom. The monoisotopic (exact) mass is 308 g/mol. The van der Waals surface area contributed by atoms with Gasteiger partial charge in [-0.05, 0) is 43.3 Å². The van der Waals surface area contributed by atoms with Crippen LogP contribution >= 0.6 is 0 Å². The van der Waals surface area contributed by atoms with Crippen molar-refractivity contribution >= 4 is 8.32 Å². The number of hydrogen-bond donors (Lipinski definition) is 0. The van der Waals surface area contributed by atoms with Crippen LogP contribution < -0.4 is 4.74 Å². The Balaban J connectivity index is 1.78. The summed E-state index contributed by atoms with van der Waals surface area (Å²) in [7, 11) is -1.63. The maximum absolute atomic E-state index is 6.33. The Labute approximate surface area is 129 Å². The molecule has 0 amide bonds. The molecule has 0 spiro atoms. The summed E-state index contributed by atoms with van der Waals surface area (Å²) in [4.78, 5) is 8.03. The van der Waals surface area contributed by atoms with Crippen LogP contribution in [-0.4, -0.2) is 31.0 Å². The van der Waals surface area contributed by atoms with Crippen molar-refractivity contribution in [2.75, 3.05) is 6.61 Å². The van der Waals surface area contributed by atoms with Gasteiger partial charge in [0.2, 0.25) is 5.88 Å². The van der Waals surface area contributed by atoms with E-state index in [1.165, 1.54) is 12.7 Å². The summed E-state index contributed by atoms with van der Waals surface area (Å²) in [6, 6.07) is 1.82. The molecular formula is C16H28N2O2Si. The number of ether oxygens (including phenoxy) is 1. The highest BCUT2D eigenvalue weighted by Crippen LogP contribution is 2.38. The van der Waals surface area contributed by atoms with Gasteiger partial charge in [0, 0.05) is 18.9 Å². The molecule has 1 fully saturated rings. The van der Waals surface area contributed by atoms with Crippen LogP contribution in [0.5, 0.6) is 5.88 Å². The Kier molecular flexibility index (Phi) is 5.04. The van der Waals surface area contributed by atoms with Gasteiger partial charge in [0.15, 0.2) is 8.32 Å². The fraction of sp³-hybridized carbons (Fsp3) is 0.750. The number of aromatic nitrogens is 2. The fourth-order valence-corrected chi connectivity index (χ4v) is 3.43. The normalized spacial score (nSPS) is 23.3. The highest BCUT2D eigenvalue weighted by atomic mass is 28.4. The Morgan fingerprint density at radius 3 is 2.67 bits per heavy atom. The SMILES string of the molecule is CC(C)(C)[Si](C)(C)OCC1CC[C@H](Oc2ccncn2)C1. The predicted molar refractivity (Wildman–Crippen MR) is 86.9 cm³/mol. The molecule has 1 aromatic rings. The second-order valence-electron chi connectivity index (χ2n) is 7.54. The van der Waals surface area contributed by atoms with E-state index >= 15 is 0 Å². The molecule has 1 saturated carbocycles. The van der Waals surface area contributed by atoms with E-state index < -0.39 is 8.32 Å². The number of rotatable bonds is 5. The van der Waals surface area contributed by atoms with E-state index in [9.17, 15) is 0 Å². The maximum atomic E-state index is 6.33. The first-order chi connectivity index (χ1) is 9.78. The van der Waals surface area contributed by atoms with Gasteiger partial charge in [-0.2, -0.15) is 0 Å². The van der Waals surface area contributed by atoms with E-state index in [0.29, 0.717) is 11.8 Å². The molecule has 0 N–H and O–H groups in total. The summed E-state index contributed by atoms with van der Waals surface area (Å²) < 4.78 is 12.2. The molecule has 0 saturated heterocycles. The van der Waals surface area contributed by atoms with E-state index in [4.69, 9.17) is 9.16 Å². The topological polar surface area (TPSA) is 44.2 Å². The molecule has 1 aliphatic carbocycles. The van der Waals surface area contributed by atoms with Crippen molar-refractivity contribution in [3.05, 3.63) is 18.6 Å². The fourth-order valence-electron chi connectivity index (χ4n) is 2.35. The molecule has 1 unspecified atom stereocenters. The minimum Gasteiger partial charge on any atom is -0.474 e. The predicted octanol–water partition coefficient (Wildman–Crippen LogP) is 4.05. The third kappa shape index (κ3) is 4.51. The van der Waals surface area contributed by atoms with Crippen LogP contribution in [0.3, 0.4) is 0 Å². The van der Waals surface area contributed by atoms with Crippen LogP contribution in [0.1, 0.15) is 40.0 Å². The first-order valence-corrected chi connectivity index (χ1v) is 10.8. The van der Waals surface area contributed by atoms with Crippen molar-refractivity contribution < 1.29 is 9.16 Å². The van der Waals surface area contributed by atoms with E-state index in [0.717, 1.165) is 19.4 Å². The molecule has 1 aliphatic rings. The van der Waals surface area contributed by atoms with Crippen molar-refractivity contribution in [1.29, 1.82) is 0 Å². The van der Waals surface area contributed by atoms with E-state index in [1.54, 1.807) is 6.20 Å². The highest BCUT2D eigenvalue weighted by molar-refractivity contribution is 6.74. The number of nitrogens with zero attached hydrogens (tertiary/aromatic N) is 2. The third-order valence-electron chi connectivity index (χ3n) is 4.82. The van der Waals surface area contributed by atoms with Crippen molar-refractivity contribution in [2.24, 2.45) is 5.92 Å². The van der Waals surface area contributed by atoms with Crippen LogP contribution in [0.2, 0.25) is 18.1 Å². The zero-order chi connectivity index (χ0) is 15.5. The van der Waals surface area contributed by atoms with Gasteiger partial charge in [0.05, 0.1) is 0 Å². The lowest BCUT2D eigenvalue weighted by atomic mass is 10.1. The van der Waals surface area contributed by atoms with Crippen molar-refractivity contribution in [2.45, 2.75) is 64.3 Å². The minimum absolute atomic E-state index is 0.271. The molecule has 2 rings (SSSR count). The molecule has 0 aliphatic heterocycles. The average Bonchev–Trinajstić information content (AvgIpc) is 2.84. The summed E-state index contributed by atoms with van der Waals surface area (Å²) in [6.07, 6.45) is 6.86. The second kappa shape index (κ2) is 6.44. The van der Waals surface area contributed by atoms with Crippen LogP contribution in [0, 0.1) is 5.92 Å². The summed E-state index contributed by atoms with van der Waals surface area (Å²) >= 11 is 0. The molecule has 0 radical (unpaired) electrons. The quantitative estimate of drug-likeness (QED) is 0.770. The van der Waals surface area contributed by atoms with Crippen LogP contribution in [0.4, 0.5) is 0 Å². The van der Waals surface area contributed by atoms with Gasteiger partial charge in [0.25, 0.3) is 0 Å². The van der Waals surface area contributed by atoms with Gasteiger partial charge in [-0.1, -0.05) is 20.8 Å². The molecule has 118 valence electrons. The molecule has 1 aromatic heterocycles. The lowest BCUT2D eigenvalue weighted by Gasteiger charge is -2.37. The van der Waals surface area contributed by atoms with Crippen LogP contribution in [0.15, 0.2) is 18.6 Å². The summed E-state index contributed by atoms with van der Waals surface area (Å²) in [5.41, 5.74) is 0. The standard InChI is InChI=1S/C16H28N2O2Si/c1-16(2,3)21(4,5)19-11-13-6-7-14(10-13)20-15-8-9-17-12-18-15/h8-9,12-14H,6-7,10-11H2,1-5H3/t13?,14-/m0/s1. The molecule has 0 aromatic carbocycles. The van der Waals surface area contributed by atoms with E-state index in [2.05, 4.69) is 43.8 Å². The lowest BCUT2D eigenvalue weighted by molar-refractivity contribution is 0.179. The minimum atomic E-state index is -1.63. The van der Waals surface area contributed by atoms with Crippen LogP contribution in [-0.2, 0) is 4.43 Å². The van der Waals surface area contributed by atoms with Gasteiger partial charge >= 0.3 is 0 Å². The Bertz CT molecular complexity index is 445. The van der Waals surface area contributed by atoms with Crippen molar-refractivity contribution in [1.82, 2.24) is 9.97 Å². The van der Waals surface area contributed by atoms with Gasteiger partial charge < -0.3 is 9.16 Å². The smallest absolute Gasteiger partial charge is 0.216 e. The van der Waals surface area contributed by atoms with Crippen LogP contribution in [0.25, 0.3) is 0 Å². The van der Waals surface area contributed by atoms with E-state index in [-0.39, 0.29) is 11.1 Å². The van der Waals surface area contributed by atoms with E-state index in [1.807, 2.05) is 6.07 Å². The molecule has 5 heteroatoms. The lowest BCUT2D eigenvalue weighted by Crippen LogP contribution is -2.41. The molecule has 2 atom stereocenters. The Morgan fingerprint density at radius 1 is 1.29 bits per heavy atom. The molecule has 1 heterocycles. The first kappa shape index (κ1) is 16.4. The Hall–Kier alpha value is -0.943. The largest absolute Gasteiger partial charge is 0.474 e. The highest BCUT2D eigenvalue weighted by Gasteiger charge is 2.38. The molecule has 21 heavy (non-hydrogen) atoms. The molecule has 4 nitrogen and oxygen atoms in total. The van der Waals surface area contributed by atoms with Crippen molar-refractivity contribution in [3.8, 4) is 5.88 Å². The number of hydrogen-bond acceptors (Lipinski definition) is 4. The van der Waals surface area contributed by atoms with Gasteiger partial charge in [0.1, 0.15) is 12.4 Å². The molecular weight excluding hydrogens is 280 g/mol. The van der Waals surface area contributed by atoms with Crippen molar-refractivity contribution in [3.63, 3.8) is 0 Å². The maximum Gasteiger partial charge on any atom is 0.216 e. The van der Waals surface area contributed by atoms with Gasteiger partial charge in [-0.3, -0.25) is 0 Å². The van der Waals surface area contributed by atoms with Gasteiger partial charge in [-0.15, -0.1) is 0 Å².